The molecule has 110 valence electrons. The number of hydrogen-bond donors (Lipinski definition) is 0. The Morgan fingerprint density at radius 2 is 2.05 bits per heavy atom. The standard InChI is InChI=1S/C13H12Cl2N4O2/c1-8-16-12(13(20)18-6-3-7-21-18)17-19(8)11-9(14)4-2-5-10(11)15/h2,4-5H,3,6-7H2,1H3. The summed E-state index contributed by atoms with van der Waals surface area (Å²) in [6, 6.07) is 5.15. The smallest absolute Gasteiger partial charge is 0.271 e. The molecule has 8 heteroatoms. The van der Waals surface area contributed by atoms with E-state index >= 15 is 0 Å². The van der Waals surface area contributed by atoms with Crippen LogP contribution >= 0.6 is 23.2 Å². The van der Waals surface area contributed by atoms with E-state index in [1.165, 1.54) is 9.75 Å². The summed E-state index contributed by atoms with van der Waals surface area (Å²) in [7, 11) is 0. The van der Waals surface area contributed by atoms with Gasteiger partial charge in [0.25, 0.3) is 0 Å². The second-order valence-electron chi connectivity index (χ2n) is 4.56. The Balaban J connectivity index is 2.00. The summed E-state index contributed by atoms with van der Waals surface area (Å²) >= 11 is 12.3. The highest BCUT2D eigenvalue weighted by Gasteiger charge is 2.26. The van der Waals surface area contributed by atoms with E-state index in [9.17, 15) is 4.79 Å². The van der Waals surface area contributed by atoms with Gasteiger partial charge in [-0.1, -0.05) is 29.3 Å². The Morgan fingerprint density at radius 1 is 1.33 bits per heavy atom. The van der Waals surface area contributed by atoms with Gasteiger partial charge in [0, 0.05) is 0 Å². The highest BCUT2D eigenvalue weighted by atomic mass is 35.5. The summed E-state index contributed by atoms with van der Waals surface area (Å²) in [6.07, 6.45) is 0.807. The Hall–Kier alpha value is -1.63. The van der Waals surface area contributed by atoms with Crippen molar-refractivity contribution in [2.24, 2.45) is 0 Å². The van der Waals surface area contributed by atoms with Crippen molar-refractivity contribution in [2.75, 3.05) is 13.2 Å². The van der Waals surface area contributed by atoms with E-state index in [2.05, 4.69) is 10.1 Å². The predicted molar refractivity (Wildman–Crippen MR) is 77.7 cm³/mol. The number of halogens is 2. The molecule has 2 heterocycles. The first kappa shape index (κ1) is 14.3. The van der Waals surface area contributed by atoms with Crippen LogP contribution in [0.3, 0.4) is 0 Å². The Bertz CT molecular complexity index is 675. The molecule has 2 aromatic rings. The summed E-state index contributed by atoms with van der Waals surface area (Å²) in [5, 5.41) is 6.36. The largest absolute Gasteiger partial charge is 0.317 e. The first-order valence-corrected chi connectivity index (χ1v) is 7.16. The lowest BCUT2D eigenvalue weighted by molar-refractivity contribution is -0.0775. The lowest BCUT2D eigenvalue weighted by Crippen LogP contribution is -2.27. The van der Waals surface area contributed by atoms with Crippen LogP contribution in [0, 0.1) is 6.92 Å². The van der Waals surface area contributed by atoms with Gasteiger partial charge in [0.05, 0.1) is 23.2 Å². The molecule has 1 fully saturated rings. The van der Waals surface area contributed by atoms with Gasteiger partial charge in [-0.3, -0.25) is 9.63 Å². The zero-order chi connectivity index (χ0) is 15.0. The number of nitrogens with zero attached hydrogens (tertiary/aromatic N) is 4. The number of amides is 1. The molecule has 6 nitrogen and oxygen atoms in total. The van der Waals surface area contributed by atoms with E-state index < -0.39 is 0 Å². The normalized spacial score (nSPS) is 14.7. The lowest BCUT2D eigenvalue weighted by Gasteiger charge is -2.10. The van der Waals surface area contributed by atoms with Crippen LogP contribution in [0.25, 0.3) is 5.69 Å². The van der Waals surface area contributed by atoms with Gasteiger partial charge in [-0.2, -0.15) is 0 Å². The summed E-state index contributed by atoms with van der Waals surface area (Å²) in [5.41, 5.74) is 0.507. The number of benzene rings is 1. The van der Waals surface area contributed by atoms with Crippen LogP contribution in [0.4, 0.5) is 0 Å². The first-order chi connectivity index (χ1) is 10.1. The highest BCUT2D eigenvalue weighted by Crippen LogP contribution is 2.28. The number of hydrogen-bond acceptors (Lipinski definition) is 4. The predicted octanol–water partition coefficient (Wildman–Crippen LogP) is 2.66. The molecule has 0 aliphatic carbocycles. The fourth-order valence-electron chi connectivity index (χ4n) is 2.10. The molecule has 1 aromatic heterocycles. The minimum absolute atomic E-state index is 0.0605. The van der Waals surface area contributed by atoms with Crippen LogP contribution in [-0.2, 0) is 4.84 Å². The van der Waals surface area contributed by atoms with Crippen molar-refractivity contribution in [2.45, 2.75) is 13.3 Å². The van der Waals surface area contributed by atoms with Crippen molar-refractivity contribution < 1.29 is 9.63 Å². The number of hydroxylamine groups is 2. The molecular formula is C13H12Cl2N4O2. The molecule has 1 saturated heterocycles. The second kappa shape index (κ2) is 5.63. The van der Waals surface area contributed by atoms with Crippen LogP contribution in [0.5, 0.6) is 0 Å². The second-order valence-corrected chi connectivity index (χ2v) is 5.37. The average molecular weight is 327 g/mol. The van der Waals surface area contributed by atoms with E-state index in [0.29, 0.717) is 34.7 Å². The third-order valence-corrected chi connectivity index (χ3v) is 3.70. The maximum atomic E-state index is 12.2. The number of para-hydroxylation sites is 1. The maximum absolute atomic E-state index is 12.2. The van der Waals surface area contributed by atoms with Crippen molar-refractivity contribution in [3.05, 3.63) is 39.9 Å². The van der Waals surface area contributed by atoms with Gasteiger partial charge in [-0.05, 0) is 25.5 Å². The highest BCUT2D eigenvalue weighted by molar-refractivity contribution is 6.37. The number of carbonyl (C=O) groups excluding carboxylic acids is 1. The van der Waals surface area contributed by atoms with E-state index in [-0.39, 0.29) is 11.7 Å². The minimum atomic E-state index is -0.363. The number of aromatic nitrogens is 3. The molecule has 1 aromatic carbocycles. The van der Waals surface area contributed by atoms with Crippen molar-refractivity contribution in [3.8, 4) is 5.69 Å². The summed E-state index contributed by atoms with van der Waals surface area (Å²) < 4.78 is 1.47. The van der Waals surface area contributed by atoms with Crippen LogP contribution in [0.2, 0.25) is 10.0 Å². The van der Waals surface area contributed by atoms with E-state index in [0.717, 1.165) is 6.42 Å². The summed E-state index contributed by atoms with van der Waals surface area (Å²) in [4.78, 5) is 21.6. The minimum Gasteiger partial charge on any atom is -0.271 e. The molecule has 3 rings (SSSR count). The SMILES string of the molecule is Cc1nc(C(=O)N2CCCO2)nn1-c1c(Cl)cccc1Cl. The molecule has 0 bridgehead atoms. The molecule has 0 radical (unpaired) electrons. The van der Waals surface area contributed by atoms with Gasteiger partial charge < -0.3 is 0 Å². The Labute approximate surface area is 131 Å². The van der Waals surface area contributed by atoms with E-state index in [1.807, 2.05) is 0 Å². The van der Waals surface area contributed by atoms with Gasteiger partial charge in [0.2, 0.25) is 5.82 Å². The van der Waals surface area contributed by atoms with Crippen molar-refractivity contribution in [3.63, 3.8) is 0 Å². The van der Waals surface area contributed by atoms with Crippen LogP contribution in [-0.4, -0.2) is 38.9 Å². The monoisotopic (exact) mass is 326 g/mol. The summed E-state index contributed by atoms with van der Waals surface area (Å²) in [5.74, 6) is 0.218. The number of aryl methyl sites for hydroxylation is 1. The zero-order valence-electron chi connectivity index (χ0n) is 11.2. The first-order valence-electron chi connectivity index (χ1n) is 6.41. The molecule has 0 unspecified atom stereocenters. The fraction of sp³-hybridized carbons (Fsp3) is 0.308. The average Bonchev–Trinajstić information content (AvgIpc) is 3.08. The third-order valence-electron chi connectivity index (χ3n) is 3.09. The van der Waals surface area contributed by atoms with Gasteiger partial charge in [-0.25, -0.2) is 14.7 Å². The van der Waals surface area contributed by atoms with Crippen LogP contribution in [0.15, 0.2) is 18.2 Å². The lowest BCUT2D eigenvalue weighted by atomic mass is 10.3. The quantitative estimate of drug-likeness (QED) is 0.851. The summed E-state index contributed by atoms with van der Waals surface area (Å²) in [6.45, 7) is 2.80. The van der Waals surface area contributed by atoms with Gasteiger partial charge in [0.15, 0.2) is 0 Å². The zero-order valence-corrected chi connectivity index (χ0v) is 12.7. The molecule has 1 amide bonds. The van der Waals surface area contributed by atoms with Crippen molar-refractivity contribution in [1.82, 2.24) is 19.8 Å². The van der Waals surface area contributed by atoms with E-state index in [4.69, 9.17) is 28.0 Å². The molecular weight excluding hydrogens is 315 g/mol. The molecule has 0 saturated carbocycles. The molecule has 1 aliphatic rings. The van der Waals surface area contributed by atoms with Gasteiger partial charge in [-0.15, -0.1) is 5.10 Å². The van der Waals surface area contributed by atoms with Crippen molar-refractivity contribution >= 4 is 29.1 Å². The Kier molecular flexibility index (Phi) is 3.84. The molecule has 1 aliphatic heterocycles. The van der Waals surface area contributed by atoms with Crippen molar-refractivity contribution in [1.29, 1.82) is 0 Å². The topological polar surface area (TPSA) is 60.3 Å². The van der Waals surface area contributed by atoms with Crippen LogP contribution in [0.1, 0.15) is 22.9 Å². The maximum Gasteiger partial charge on any atom is 0.317 e. The molecule has 21 heavy (non-hydrogen) atoms. The fourth-order valence-corrected chi connectivity index (χ4v) is 2.66. The van der Waals surface area contributed by atoms with Gasteiger partial charge >= 0.3 is 5.91 Å². The Morgan fingerprint density at radius 3 is 2.67 bits per heavy atom. The molecule has 0 N–H and O–H groups in total. The van der Waals surface area contributed by atoms with E-state index in [1.54, 1.807) is 25.1 Å². The third kappa shape index (κ3) is 2.62. The number of carbonyl (C=O) groups is 1. The van der Waals surface area contributed by atoms with Gasteiger partial charge in [0.1, 0.15) is 11.5 Å². The molecule has 0 atom stereocenters. The van der Waals surface area contributed by atoms with Crippen LogP contribution < -0.4 is 0 Å². The number of rotatable bonds is 2. The molecule has 0 spiro atoms.